The lowest BCUT2D eigenvalue weighted by molar-refractivity contribution is 0.627. The van der Waals surface area contributed by atoms with Crippen LogP contribution in [0.2, 0.25) is 0 Å². The molecular weight excluding hydrogens is 343 g/mol. The molecule has 1 unspecified atom stereocenters. The van der Waals surface area contributed by atoms with Crippen LogP contribution in [0.1, 0.15) is 16.4 Å². The Morgan fingerprint density at radius 3 is 2.54 bits per heavy atom. The van der Waals surface area contributed by atoms with Crippen molar-refractivity contribution in [3.8, 4) is 0 Å². The number of rotatable bonds is 6. The Kier molecular flexibility index (Phi) is 5.02. The van der Waals surface area contributed by atoms with Crippen LogP contribution in [0.15, 0.2) is 85.5 Å². The molecule has 2 nitrogen and oxygen atoms in total. The van der Waals surface area contributed by atoms with Gasteiger partial charge in [0.25, 0.3) is 0 Å². The first-order valence-electron chi connectivity index (χ1n) is 8.58. The summed E-state index contributed by atoms with van der Waals surface area (Å²) in [5, 5.41) is 2.79. The minimum atomic E-state index is -0.191. The molecule has 1 aromatic heterocycles. The zero-order valence-electron chi connectivity index (χ0n) is 14.3. The van der Waals surface area contributed by atoms with Gasteiger partial charge in [-0.3, -0.25) is 0 Å². The second-order valence-corrected chi connectivity index (χ2v) is 7.48. The smallest absolute Gasteiger partial charge is 0.123 e. The molecule has 1 heterocycles. The summed E-state index contributed by atoms with van der Waals surface area (Å²) in [5.41, 5.74) is 2.43. The number of thioether (sulfide) groups is 1. The number of benzene rings is 3. The molecule has 0 bridgehead atoms. The van der Waals surface area contributed by atoms with E-state index in [2.05, 4.69) is 52.0 Å². The molecule has 0 aliphatic heterocycles. The lowest BCUT2D eigenvalue weighted by Crippen LogP contribution is -2.05. The highest BCUT2D eigenvalue weighted by Gasteiger charge is 2.14. The lowest BCUT2D eigenvalue weighted by atomic mass is 10.0. The van der Waals surface area contributed by atoms with E-state index in [0.29, 0.717) is 5.25 Å². The molecule has 0 aliphatic rings. The van der Waals surface area contributed by atoms with Gasteiger partial charge in [-0.15, -0.1) is 11.8 Å². The van der Waals surface area contributed by atoms with Gasteiger partial charge in [0, 0.05) is 29.9 Å². The first-order valence-corrected chi connectivity index (χ1v) is 9.63. The second-order valence-electron chi connectivity index (χ2n) is 6.29. The Balaban J connectivity index is 1.59. The van der Waals surface area contributed by atoms with Crippen molar-refractivity contribution < 1.29 is 4.39 Å². The molecular formula is C22H19FN2S. The topological polar surface area (TPSA) is 17.8 Å². The van der Waals surface area contributed by atoms with Gasteiger partial charge in [0.05, 0.1) is 6.33 Å². The van der Waals surface area contributed by atoms with Gasteiger partial charge < -0.3 is 4.57 Å². The Labute approximate surface area is 156 Å². The van der Waals surface area contributed by atoms with Crippen molar-refractivity contribution >= 4 is 22.5 Å². The second kappa shape index (κ2) is 7.75. The highest BCUT2D eigenvalue weighted by atomic mass is 32.2. The number of nitrogens with zero attached hydrogens (tertiary/aromatic N) is 2. The zero-order chi connectivity index (χ0) is 17.8. The molecule has 1 atom stereocenters. The normalized spacial score (nSPS) is 12.3. The minimum Gasteiger partial charge on any atom is -0.336 e. The zero-order valence-corrected chi connectivity index (χ0v) is 15.1. The van der Waals surface area contributed by atoms with E-state index in [4.69, 9.17) is 0 Å². The number of hydrogen-bond acceptors (Lipinski definition) is 2. The van der Waals surface area contributed by atoms with E-state index in [-0.39, 0.29) is 5.82 Å². The van der Waals surface area contributed by atoms with Crippen LogP contribution in [0.4, 0.5) is 4.39 Å². The maximum Gasteiger partial charge on any atom is 0.123 e. The largest absolute Gasteiger partial charge is 0.336 e. The molecule has 130 valence electrons. The maximum atomic E-state index is 13.1. The van der Waals surface area contributed by atoms with E-state index in [1.165, 1.54) is 28.5 Å². The van der Waals surface area contributed by atoms with Gasteiger partial charge in [0.15, 0.2) is 0 Å². The van der Waals surface area contributed by atoms with Crippen LogP contribution in [0.25, 0.3) is 10.8 Å². The molecule has 0 amide bonds. The van der Waals surface area contributed by atoms with Crippen molar-refractivity contribution in [1.29, 1.82) is 0 Å². The Morgan fingerprint density at radius 1 is 0.962 bits per heavy atom. The van der Waals surface area contributed by atoms with E-state index in [0.717, 1.165) is 17.9 Å². The summed E-state index contributed by atoms with van der Waals surface area (Å²) in [7, 11) is 0. The monoisotopic (exact) mass is 362 g/mol. The van der Waals surface area contributed by atoms with Gasteiger partial charge in [-0.1, -0.05) is 48.5 Å². The van der Waals surface area contributed by atoms with Crippen LogP contribution in [0.5, 0.6) is 0 Å². The number of halogens is 1. The van der Waals surface area contributed by atoms with Crippen molar-refractivity contribution in [2.75, 3.05) is 0 Å². The van der Waals surface area contributed by atoms with Crippen LogP contribution < -0.4 is 0 Å². The highest BCUT2D eigenvalue weighted by molar-refractivity contribution is 7.98. The van der Waals surface area contributed by atoms with Crippen molar-refractivity contribution in [3.63, 3.8) is 0 Å². The average molecular weight is 362 g/mol. The molecule has 4 aromatic rings. The number of aromatic nitrogens is 2. The van der Waals surface area contributed by atoms with Crippen molar-refractivity contribution in [2.45, 2.75) is 17.5 Å². The average Bonchev–Trinajstić information content (AvgIpc) is 3.19. The Bertz CT molecular complexity index is 981. The summed E-state index contributed by atoms with van der Waals surface area (Å²) in [4.78, 5) is 4.16. The lowest BCUT2D eigenvalue weighted by Gasteiger charge is -2.18. The molecule has 0 spiro atoms. The molecule has 0 aliphatic carbocycles. The van der Waals surface area contributed by atoms with Crippen LogP contribution in [-0.2, 0) is 12.3 Å². The van der Waals surface area contributed by atoms with E-state index >= 15 is 0 Å². The first-order chi connectivity index (χ1) is 12.8. The van der Waals surface area contributed by atoms with E-state index in [1.54, 1.807) is 0 Å². The Morgan fingerprint density at radius 2 is 1.77 bits per heavy atom. The fourth-order valence-corrected chi connectivity index (χ4v) is 4.23. The molecule has 26 heavy (non-hydrogen) atoms. The highest BCUT2D eigenvalue weighted by Crippen LogP contribution is 2.34. The molecule has 0 saturated heterocycles. The molecule has 4 rings (SSSR count). The van der Waals surface area contributed by atoms with E-state index < -0.39 is 0 Å². The van der Waals surface area contributed by atoms with Crippen LogP contribution in [0, 0.1) is 5.82 Å². The standard InChI is InChI=1S/C22H19FN2S/c23-21-9-5-17(6-10-21)15-26-22(14-25-12-11-24-16-25)20-8-7-18-3-1-2-4-19(18)13-20/h1-13,16,22H,14-15H2. The SMILES string of the molecule is Fc1ccc(CSC(Cn2ccnc2)c2ccc3ccccc3c2)cc1. The summed E-state index contributed by atoms with van der Waals surface area (Å²) in [5.74, 6) is 0.648. The quantitative estimate of drug-likeness (QED) is 0.428. The Hall–Kier alpha value is -2.59. The molecule has 0 fully saturated rings. The summed E-state index contributed by atoms with van der Waals surface area (Å²) in [6, 6.07) is 21.9. The number of fused-ring (bicyclic) bond motifs is 1. The van der Waals surface area contributed by atoms with Crippen LogP contribution >= 0.6 is 11.8 Å². The van der Waals surface area contributed by atoms with Crippen molar-refractivity contribution in [1.82, 2.24) is 9.55 Å². The van der Waals surface area contributed by atoms with Crippen LogP contribution in [-0.4, -0.2) is 9.55 Å². The maximum absolute atomic E-state index is 13.1. The third kappa shape index (κ3) is 3.97. The fraction of sp³-hybridized carbons (Fsp3) is 0.136. The van der Waals surface area contributed by atoms with Crippen molar-refractivity contribution in [3.05, 3.63) is 102 Å². The van der Waals surface area contributed by atoms with Gasteiger partial charge in [-0.05, 0) is 40.1 Å². The predicted octanol–water partition coefficient (Wildman–Crippen LogP) is 5.85. The number of hydrogen-bond donors (Lipinski definition) is 0. The molecule has 0 N–H and O–H groups in total. The molecule has 0 saturated carbocycles. The number of imidazole rings is 1. The molecule has 3 aromatic carbocycles. The predicted molar refractivity (Wildman–Crippen MR) is 107 cm³/mol. The van der Waals surface area contributed by atoms with Crippen molar-refractivity contribution in [2.24, 2.45) is 0 Å². The molecule has 4 heteroatoms. The van der Waals surface area contributed by atoms with E-state index in [1.807, 2.05) is 42.6 Å². The summed E-state index contributed by atoms with van der Waals surface area (Å²) >= 11 is 1.87. The third-order valence-corrected chi connectivity index (χ3v) is 5.77. The first kappa shape index (κ1) is 16.9. The van der Waals surface area contributed by atoms with Gasteiger partial charge >= 0.3 is 0 Å². The van der Waals surface area contributed by atoms with E-state index in [9.17, 15) is 4.39 Å². The van der Waals surface area contributed by atoms with Crippen LogP contribution in [0.3, 0.4) is 0 Å². The summed E-state index contributed by atoms with van der Waals surface area (Å²) < 4.78 is 15.2. The van der Waals surface area contributed by atoms with Gasteiger partial charge in [0.1, 0.15) is 5.82 Å². The third-order valence-electron chi connectivity index (χ3n) is 4.45. The fourth-order valence-electron chi connectivity index (χ4n) is 3.03. The van der Waals surface area contributed by atoms with Gasteiger partial charge in [-0.25, -0.2) is 9.37 Å². The molecule has 0 radical (unpaired) electrons. The van der Waals surface area contributed by atoms with Gasteiger partial charge in [0.2, 0.25) is 0 Å². The minimum absolute atomic E-state index is 0.191. The summed E-state index contributed by atoms with van der Waals surface area (Å²) in [6.07, 6.45) is 5.65. The van der Waals surface area contributed by atoms with Gasteiger partial charge in [-0.2, -0.15) is 0 Å². The summed E-state index contributed by atoms with van der Waals surface area (Å²) in [6.45, 7) is 0.851.